The smallest absolute Gasteiger partial charge is 0.140 e. The maximum absolute atomic E-state index is 6.12. The Morgan fingerprint density at radius 2 is 2.17 bits per heavy atom. The Hall–Kier alpha value is -1.39. The molecular formula is C14H19N3O. The van der Waals surface area contributed by atoms with Gasteiger partial charge in [0.1, 0.15) is 11.9 Å². The van der Waals surface area contributed by atoms with Gasteiger partial charge < -0.3 is 14.6 Å². The van der Waals surface area contributed by atoms with Crippen LogP contribution in [0.3, 0.4) is 0 Å². The quantitative estimate of drug-likeness (QED) is 0.835. The van der Waals surface area contributed by atoms with Crippen LogP contribution in [0.25, 0.3) is 11.0 Å². The number of hydrogen-bond donors (Lipinski definition) is 1. The second kappa shape index (κ2) is 4.07. The molecule has 0 radical (unpaired) electrons. The number of ether oxygens (including phenoxy) is 1. The van der Waals surface area contributed by atoms with Gasteiger partial charge in [-0.05, 0) is 26.0 Å². The number of imidazole rings is 1. The van der Waals surface area contributed by atoms with E-state index in [0.717, 1.165) is 29.9 Å². The van der Waals surface area contributed by atoms with Crippen LogP contribution < -0.4 is 5.32 Å². The summed E-state index contributed by atoms with van der Waals surface area (Å²) in [5, 5.41) is 3.42. The summed E-state index contributed by atoms with van der Waals surface area (Å²) in [6.07, 6.45) is 0.0196. The minimum absolute atomic E-state index is 0.0196. The summed E-state index contributed by atoms with van der Waals surface area (Å²) in [5.41, 5.74) is 2.04. The van der Waals surface area contributed by atoms with E-state index in [1.807, 2.05) is 18.2 Å². The number of benzene rings is 1. The van der Waals surface area contributed by atoms with Crippen molar-refractivity contribution >= 4 is 11.0 Å². The normalized spacial score (nSPS) is 23.4. The molecule has 1 saturated heterocycles. The van der Waals surface area contributed by atoms with Crippen molar-refractivity contribution in [2.45, 2.75) is 25.6 Å². The van der Waals surface area contributed by atoms with Gasteiger partial charge in [0.25, 0.3) is 0 Å². The molecule has 1 atom stereocenters. The SMILES string of the molecule is Cn1c(C2CNCC(C)(C)O2)nc2ccccc21. The van der Waals surface area contributed by atoms with Gasteiger partial charge in [-0.2, -0.15) is 0 Å². The Balaban J connectivity index is 2.01. The van der Waals surface area contributed by atoms with Gasteiger partial charge in [-0.1, -0.05) is 12.1 Å². The molecule has 1 aliphatic rings. The van der Waals surface area contributed by atoms with E-state index in [9.17, 15) is 0 Å². The van der Waals surface area contributed by atoms with Gasteiger partial charge in [0.05, 0.1) is 16.6 Å². The monoisotopic (exact) mass is 245 g/mol. The van der Waals surface area contributed by atoms with Crippen molar-refractivity contribution in [1.82, 2.24) is 14.9 Å². The Bertz CT molecular complexity index is 573. The van der Waals surface area contributed by atoms with Crippen LogP contribution in [0.5, 0.6) is 0 Å². The first-order valence-corrected chi connectivity index (χ1v) is 6.37. The fraction of sp³-hybridized carbons (Fsp3) is 0.500. The van der Waals surface area contributed by atoms with Crippen molar-refractivity contribution in [3.8, 4) is 0 Å². The third-order valence-corrected chi connectivity index (χ3v) is 3.45. The lowest BCUT2D eigenvalue weighted by Crippen LogP contribution is -2.47. The Kier molecular flexibility index (Phi) is 2.64. The molecular weight excluding hydrogens is 226 g/mol. The Labute approximate surface area is 107 Å². The lowest BCUT2D eigenvalue weighted by Gasteiger charge is -2.36. The van der Waals surface area contributed by atoms with E-state index in [-0.39, 0.29) is 11.7 Å². The van der Waals surface area contributed by atoms with E-state index >= 15 is 0 Å². The summed E-state index contributed by atoms with van der Waals surface area (Å²) in [6.45, 7) is 5.91. The van der Waals surface area contributed by atoms with Gasteiger partial charge in [-0.25, -0.2) is 4.98 Å². The van der Waals surface area contributed by atoms with E-state index in [0.29, 0.717) is 0 Å². The van der Waals surface area contributed by atoms with Crippen molar-refractivity contribution in [2.75, 3.05) is 13.1 Å². The van der Waals surface area contributed by atoms with Crippen molar-refractivity contribution in [1.29, 1.82) is 0 Å². The predicted octanol–water partition coefficient (Wildman–Crippen LogP) is 2.01. The third kappa shape index (κ3) is 1.91. The molecule has 4 nitrogen and oxygen atoms in total. The molecule has 0 aliphatic carbocycles. The van der Waals surface area contributed by atoms with Crippen LogP contribution in [0.15, 0.2) is 24.3 Å². The van der Waals surface area contributed by atoms with E-state index in [4.69, 9.17) is 9.72 Å². The zero-order chi connectivity index (χ0) is 12.8. The third-order valence-electron chi connectivity index (χ3n) is 3.45. The number of aromatic nitrogens is 2. The molecule has 2 aromatic rings. The molecule has 1 aromatic carbocycles. The zero-order valence-electron chi connectivity index (χ0n) is 11.1. The highest BCUT2D eigenvalue weighted by atomic mass is 16.5. The van der Waals surface area contributed by atoms with E-state index < -0.39 is 0 Å². The van der Waals surface area contributed by atoms with Gasteiger partial charge in [0.2, 0.25) is 0 Å². The molecule has 1 fully saturated rings. The first kappa shape index (κ1) is 11.7. The lowest BCUT2D eigenvalue weighted by atomic mass is 10.1. The van der Waals surface area contributed by atoms with Crippen LogP contribution in [0.4, 0.5) is 0 Å². The second-order valence-corrected chi connectivity index (χ2v) is 5.51. The minimum atomic E-state index is -0.138. The summed E-state index contributed by atoms with van der Waals surface area (Å²) < 4.78 is 8.25. The molecule has 0 amide bonds. The molecule has 18 heavy (non-hydrogen) atoms. The highest BCUT2D eigenvalue weighted by Crippen LogP contribution is 2.28. The van der Waals surface area contributed by atoms with Crippen LogP contribution in [-0.2, 0) is 11.8 Å². The number of nitrogens with one attached hydrogen (secondary N) is 1. The largest absolute Gasteiger partial charge is 0.362 e. The fourth-order valence-corrected chi connectivity index (χ4v) is 2.57. The standard InChI is InChI=1S/C14H19N3O/c1-14(2)9-15-8-12(18-14)13-16-10-6-4-5-7-11(10)17(13)3/h4-7,12,15H,8-9H2,1-3H3. The average molecular weight is 245 g/mol. The van der Waals surface area contributed by atoms with Gasteiger partial charge in [-0.3, -0.25) is 0 Å². The van der Waals surface area contributed by atoms with E-state index in [2.05, 4.69) is 36.8 Å². The van der Waals surface area contributed by atoms with Crippen LogP contribution in [-0.4, -0.2) is 28.2 Å². The molecule has 1 unspecified atom stereocenters. The minimum Gasteiger partial charge on any atom is -0.362 e. The Morgan fingerprint density at radius 1 is 1.39 bits per heavy atom. The number of morpholine rings is 1. The molecule has 1 aliphatic heterocycles. The molecule has 1 N–H and O–H groups in total. The van der Waals surface area contributed by atoms with Gasteiger partial charge >= 0.3 is 0 Å². The van der Waals surface area contributed by atoms with E-state index in [1.165, 1.54) is 0 Å². The first-order chi connectivity index (χ1) is 8.57. The van der Waals surface area contributed by atoms with Crippen molar-refractivity contribution in [3.05, 3.63) is 30.1 Å². The number of rotatable bonds is 1. The van der Waals surface area contributed by atoms with Crippen LogP contribution >= 0.6 is 0 Å². The zero-order valence-corrected chi connectivity index (χ0v) is 11.1. The van der Waals surface area contributed by atoms with Crippen molar-refractivity contribution in [3.63, 3.8) is 0 Å². The molecule has 0 saturated carbocycles. The number of hydrogen-bond acceptors (Lipinski definition) is 3. The Morgan fingerprint density at radius 3 is 2.89 bits per heavy atom. The van der Waals surface area contributed by atoms with Gasteiger partial charge in [0.15, 0.2) is 0 Å². The summed E-state index contributed by atoms with van der Waals surface area (Å²) in [5.74, 6) is 0.997. The van der Waals surface area contributed by atoms with Crippen molar-refractivity contribution < 1.29 is 4.74 Å². The van der Waals surface area contributed by atoms with E-state index in [1.54, 1.807) is 0 Å². The molecule has 0 bridgehead atoms. The van der Waals surface area contributed by atoms with Gasteiger partial charge in [-0.15, -0.1) is 0 Å². The number of aryl methyl sites for hydroxylation is 1. The number of fused-ring (bicyclic) bond motifs is 1. The maximum atomic E-state index is 6.12. The highest BCUT2D eigenvalue weighted by Gasteiger charge is 2.31. The molecule has 2 heterocycles. The average Bonchev–Trinajstić information content (AvgIpc) is 2.66. The predicted molar refractivity (Wildman–Crippen MR) is 71.5 cm³/mol. The van der Waals surface area contributed by atoms with Crippen LogP contribution in [0.2, 0.25) is 0 Å². The van der Waals surface area contributed by atoms with Gasteiger partial charge in [0, 0.05) is 20.1 Å². The van der Waals surface area contributed by atoms with Crippen LogP contribution in [0, 0.1) is 0 Å². The maximum Gasteiger partial charge on any atom is 0.140 e. The highest BCUT2D eigenvalue weighted by molar-refractivity contribution is 5.75. The molecule has 0 spiro atoms. The number of nitrogens with zero attached hydrogens (tertiary/aromatic N) is 2. The molecule has 4 heteroatoms. The van der Waals surface area contributed by atoms with Crippen molar-refractivity contribution in [2.24, 2.45) is 7.05 Å². The summed E-state index contributed by atoms with van der Waals surface area (Å²) in [6, 6.07) is 8.19. The second-order valence-electron chi connectivity index (χ2n) is 5.51. The molecule has 3 rings (SSSR count). The topological polar surface area (TPSA) is 39.1 Å². The lowest BCUT2D eigenvalue weighted by molar-refractivity contribution is -0.0999. The first-order valence-electron chi connectivity index (χ1n) is 6.37. The fourth-order valence-electron chi connectivity index (χ4n) is 2.57. The molecule has 1 aromatic heterocycles. The molecule has 96 valence electrons. The van der Waals surface area contributed by atoms with Crippen LogP contribution in [0.1, 0.15) is 25.8 Å². The summed E-state index contributed by atoms with van der Waals surface area (Å²) >= 11 is 0. The number of para-hydroxylation sites is 2. The summed E-state index contributed by atoms with van der Waals surface area (Å²) in [4.78, 5) is 4.70. The summed E-state index contributed by atoms with van der Waals surface area (Å²) in [7, 11) is 2.05.